The van der Waals surface area contributed by atoms with Crippen LogP contribution in [-0.2, 0) is 19.1 Å². The van der Waals surface area contributed by atoms with E-state index in [0.717, 1.165) is 5.56 Å². The Kier molecular flexibility index (Phi) is 7.08. The van der Waals surface area contributed by atoms with Crippen molar-refractivity contribution in [2.45, 2.75) is 46.3 Å². The largest absolute Gasteiger partial charge is 0.459 e. The van der Waals surface area contributed by atoms with Crippen molar-refractivity contribution in [3.63, 3.8) is 0 Å². The molecule has 0 saturated carbocycles. The number of rotatable bonds is 7. The van der Waals surface area contributed by atoms with Crippen molar-refractivity contribution in [3.05, 3.63) is 65.2 Å². The molecule has 0 unspecified atom stereocenters. The van der Waals surface area contributed by atoms with Crippen molar-refractivity contribution in [1.82, 2.24) is 0 Å². The molecule has 0 radical (unpaired) electrons. The first-order valence-electron chi connectivity index (χ1n) is 10.6. The van der Waals surface area contributed by atoms with Crippen LogP contribution in [0.1, 0.15) is 53.5 Å². The molecule has 7 nitrogen and oxygen atoms in total. The number of ketones is 1. The van der Waals surface area contributed by atoms with Crippen LogP contribution in [0.4, 0.5) is 5.69 Å². The summed E-state index contributed by atoms with van der Waals surface area (Å²) in [7, 11) is 0. The van der Waals surface area contributed by atoms with E-state index in [-0.39, 0.29) is 30.8 Å². The first-order valence-corrected chi connectivity index (χ1v) is 10.6. The van der Waals surface area contributed by atoms with Crippen molar-refractivity contribution in [1.29, 1.82) is 0 Å². The highest BCUT2D eigenvalue weighted by Gasteiger charge is 2.37. The van der Waals surface area contributed by atoms with Crippen LogP contribution in [0.3, 0.4) is 0 Å². The highest BCUT2D eigenvalue weighted by molar-refractivity contribution is 6.02. The Bertz CT molecular complexity index is 1010. The quantitative estimate of drug-likeness (QED) is 0.484. The summed E-state index contributed by atoms with van der Waals surface area (Å²) in [6.45, 7) is 7.14. The molecule has 1 heterocycles. The van der Waals surface area contributed by atoms with Crippen LogP contribution in [-0.4, -0.2) is 42.4 Å². The molecular formula is C25H27NO6. The molecule has 1 amide bonds. The Hall–Kier alpha value is -3.48. The minimum Gasteiger partial charge on any atom is -0.459 e. The summed E-state index contributed by atoms with van der Waals surface area (Å²) in [6, 6.07) is 13.5. The van der Waals surface area contributed by atoms with Crippen LogP contribution in [0, 0.1) is 12.8 Å². The molecule has 0 N–H and O–H groups in total. The molecule has 0 aliphatic carbocycles. The van der Waals surface area contributed by atoms with Crippen molar-refractivity contribution in [2.75, 3.05) is 11.4 Å². The van der Waals surface area contributed by atoms with Crippen LogP contribution in [0.2, 0.25) is 0 Å². The lowest BCUT2D eigenvalue weighted by Crippen LogP contribution is -2.30. The van der Waals surface area contributed by atoms with Crippen molar-refractivity contribution >= 4 is 29.3 Å². The lowest BCUT2D eigenvalue weighted by molar-refractivity contribution is -0.151. The zero-order valence-electron chi connectivity index (χ0n) is 18.7. The number of anilines is 1. The van der Waals surface area contributed by atoms with Crippen molar-refractivity contribution < 1.29 is 28.7 Å². The van der Waals surface area contributed by atoms with Gasteiger partial charge in [0, 0.05) is 24.2 Å². The second-order valence-corrected chi connectivity index (χ2v) is 8.22. The summed E-state index contributed by atoms with van der Waals surface area (Å²) >= 11 is 0. The Balaban J connectivity index is 1.61. The molecule has 168 valence electrons. The normalized spacial score (nSPS) is 16.7. The summed E-state index contributed by atoms with van der Waals surface area (Å²) in [5.74, 6) is -2.19. The highest BCUT2D eigenvalue weighted by atomic mass is 16.5. The number of carbonyl (C=O) groups excluding carboxylic acids is 4. The van der Waals surface area contributed by atoms with E-state index in [1.165, 1.54) is 11.8 Å². The van der Waals surface area contributed by atoms with Gasteiger partial charge in [-0.3, -0.25) is 14.4 Å². The number of hydrogen-bond acceptors (Lipinski definition) is 6. The molecule has 1 saturated heterocycles. The van der Waals surface area contributed by atoms with E-state index in [1.54, 1.807) is 50.2 Å². The molecule has 0 aromatic heterocycles. The molecule has 2 aromatic carbocycles. The molecule has 2 atom stereocenters. The smallest absolute Gasteiger partial charge is 0.338 e. The fourth-order valence-corrected chi connectivity index (χ4v) is 3.45. The van der Waals surface area contributed by atoms with Gasteiger partial charge in [-0.15, -0.1) is 0 Å². The number of esters is 2. The molecule has 0 bridgehead atoms. The van der Waals surface area contributed by atoms with Crippen molar-refractivity contribution in [2.24, 2.45) is 5.92 Å². The minimum atomic E-state index is -0.944. The average Bonchev–Trinajstić information content (AvgIpc) is 3.15. The zero-order valence-corrected chi connectivity index (χ0v) is 18.7. The van der Waals surface area contributed by atoms with Gasteiger partial charge in [0.1, 0.15) is 0 Å². The van der Waals surface area contributed by atoms with Gasteiger partial charge in [-0.05, 0) is 52.0 Å². The van der Waals surface area contributed by atoms with Gasteiger partial charge in [-0.25, -0.2) is 4.79 Å². The summed E-state index contributed by atoms with van der Waals surface area (Å²) in [6.07, 6.45) is -1.17. The van der Waals surface area contributed by atoms with E-state index in [4.69, 9.17) is 9.47 Å². The standard InChI is InChI=1S/C25H27NO6/c1-15(2)31-24(29)19-9-11-21(12-10-19)26-14-20(13-22(26)27)25(30)32-17(4)23(28)18-7-5-16(3)6-8-18/h5-12,15,17,20H,13-14H2,1-4H3/t17-,20+/m0/s1. The lowest BCUT2D eigenvalue weighted by Gasteiger charge is -2.18. The highest BCUT2D eigenvalue weighted by Crippen LogP contribution is 2.27. The van der Waals surface area contributed by atoms with Gasteiger partial charge >= 0.3 is 11.9 Å². The van der Waals surface area contributed by atoms with Crippen LogP contribution in [0.5, 0.6) is 0 Å². The second kappa shape index (κ2) is 9.77. The number of ether oxygens (including phenoxy) is 2. The number of aryl methyl sites for hydroxylation is 1. The van der Waals surface area contributed by atoms with E-state index < -0.39 is 24.0 Å². The zero-order chi connectivity index (χ0) is 23.4. The Morgan fingerprint density at radius 2 is 1.50 bits per heavy atom. The maximum atomic E-state index is 12.6. The maximum Gasteiger partial charge on any atom is 0.338 e. The number of nitrogens with zero attached hydrogens (tertiary/aromatic N) is 1. The molecule has 3 rings (SSSR count). The van der Waals surface area contributed by atoms with E-state index in [0.29, 0.717) is 16.8 Å². The van der Waals surface area contributed by atoms with E-state index in [2.05, 4.69) is 0 Å². The van der Waals surface area contributed by atoms with Gasteiger partial charge in [0.15, 0.2) is 6.10 Å². The van der Waals surface area contributed by atoms with Gasteiger partial charge in [-0.2, -0.15) is 0 Å². The average molecular weight is 437 g/mol. The van der Waals surface area contributed by atoms with Crippen molar-refractivity contribution in [3.8, 4) is 0 Å². The van der Waals surface area contributed by atoms with E-state index in [1.807, 2.05) is 19.1 Å². The Morgan fingerprint density at radius 3 is 2.09 bits per heavy atom. The monoisotopic (exact) mass is 437 g/mol. The van der Waals surface area contributed by atoms with Crippen LogP contribution in [0.25, 0.3) is 0 Å². The van der Waals surface area contributed by atoms with Crippen LogP contribution >= 0.6 is 0 Å². The fraction of sp³-hybridized carbons (Fsp3) is 0.360. The van der Waals surface area contributed by atoms with Gasteiger partial charge < -0.3 is 14.4 Å². The number of Topliss-reactive ketones (excluding diaryl/α,β-unsaturated/α-hetero) is 1. The molecule has 0 spiro atoms. The van der Waals surface area contributed by atoms with E-state index in [9.17, 15) is 19.2 Å². The topological polar surface area (TPSA) is 90.0 Å². The molecule has 1 aliphatic heterocycles. The number of amides is 1. The molecule has 7 heteroatoms. The molecule has 1 aliphatic rings. The van der Waals surface area contributed by atoms with Crippen LogP contribution in [0.15, 0.2) is 48.5 Å². The predicted octanol–water partition coefficient (Wildman–Crippen LogP) is 3.73. The first-order chi connectivity index (χ1) is 15.2. The Morgan fingerprint density at radius 1 is 0.906 bits per heavy atom. The number of benzene rings is 2. The van der Waals surface area contributed by atoms with Gasteiger partial charge in [0.05, 0.1) is 17.6 Å². The minimum absolute atomic E-state index is 0.00141. The number of carbonyl (C=O) groups is 4. The summed E-state index contributed by atoms with van der Waals surface area (Å²) in [5, 5.41) is 0. The number of hydrogen-bond donors (Lipinski definition) is 0. The summed E-state index contributed by atoms with van der Waals surface area (Å²) < 4.78 is 10.5. The van der Waals surface area contributed by atoms with E-state index >= 15 is 0 Å². The molecule has 32 heavy (non-hydrogen) atoms. The first kappa shape index (κ1) is 23.2. The van der Waals surface area contributed by atoms with Gasteiger partial charge in [-0.1, -0.05) is 29.8 Å². The molecule has 2 aromatic rings. The third-order valence-corrected chi connectivity index (χ3v) is 5.21. The van der Waals surface area contributed by atoms with Gasteiger partial charge in [0.2, 0.25) is 11.7 Å². The maximum absolute atomic E-state index is 12.6. The second-order valence-electron chi connectivity index (χ2n) is 8.22. The summed E-state index contributed by atoms with van der Waals surface area (Å²) in [4.78, 5) is 51.1. The third-order valence-electron chi connectivity index (χ3n) is 5.21. The fourth-order valence-electron chi connectivity index (χ4n) is 3.45. The molecule has 1 fully saturated rings. The van der Waals surface area contributed by atoms with Crippen LogP contribution < -0.4 is 4.90 Å². The lowest BCUT2D eigenvalue weighted by atomic mass is 10.1. The summed E-state index contributed by atoms with van der Waals surface area (Å²) in [5.41, 5.74) is 2.46. The third kappa shape index (κ3) is 5.41. The molecular weight excluding hydrogens is 410 g/mol. The van der Waals surface area contributed by atoms with Gasteiger partial charge in [0.25, 0.3) is 0 Å². The Labute approximate surface area is 187 Å². The predicted molar refractivity (Wildman–Crippen MR) is 119 cm³/mol. The SMILES string of the molecule is Cc1ccc(C(=O)[C@H](C)OC(=O)[C@@H]2CC(=O)N(c3ccc(C(=O)OC(C)C)cc3)C2)cc1.